The van der Waals surface area contributed by atoms with Crippen LogP contribution >= 0.6 is 12.2 Å². The maximum Gasteiger partial charge on any atom is 0.267 e. The van der Waals surface area contributed by atoms with Crippen LogP contribution in [0.15, 0.2) is 6.07 Å². The SMILES string of the molecule is Cc1cc(C)c(C(=O)NCCc2n[nH]c(=S)n2C(C)C)[nH]1. The van der Waals surface area contributed by atoms with Gasteiger partial charge in [0, 0.05) is 24.7 Å². The van der Waals surface area contributed by atoms with Gasteiger partial charge >= 0.3 is 0 Å². The first kappa shape index (κ1) is 15.5. The lowest BCUT2D eigenvalue weighted by molar-refractivity contribution is 0.0949. The Labute approximate surface area is 129 Å². The average Bonchev–Trinajstić information content (AvgIpc) is 2.92. The molecule has 2 heterocycles. The van der Waals surface area contributed by atoms with Crippen molar-refractivity contribution in [2.24, 2.45) is 0 Å². The van der Waals surface area contributed by atoms with Crippen LogP contribution < -0.4 is 5.32 Å². The Bertz CT molecular complexity index is 695. The van der Waals surface area contributed by atoms with Crippen LogP contribution in [0.25, 0.3) is 0 Å². The molecule has 7 heteroatoms. The van der Waals surface area contributed by atoms with Crippen molar-refractivity contribution in [2.45, 2.75) is 40.2 Å². The fourth-order valence-electron chi connectivity index (χ4n) is 2.39. The Balaban J connectivity index is 1.97. The fourth-order valence-corrected chi connectivity index (χ4v) is 2.75. The molecule has 0 aliphatic heterocycles. The number of amides is 1. The maximum absolute atomic E-state index is 12.1. The highest BCUT2D eigenvalue weighted by atomic mass is 32.1. The van der Waals surface area contributed by atoms with Gasteiger partial charge in [0.2, 0.25) is 0 Å². The van der Waals surface area contributed by atoms with E-state index in [0.717, 1.165) is 17.1 Å². The molecule has 0 spiro atoms. The molecule has 3 N–H and O–H groups in total. The molecule has 0 aliphatic rings. The largest absolute Gasteiger partial charge is 0.354 e. The number of nitrogens with one attached hydrogen (secondary N) is 3. The molecule has 21 heavy (non-hydrogen) atoms. The first-order valence-corrected chi connectivity index (χ1v) is 7.41. The van der Waals surface area contributed by atoms with Gasteiger partial charge in [0.15, 0.2) is 4.77 Å². The topological polar surface area (TPSA) is 78.5 Å². The van der Waals surface area contributed by atoms with Crippen molar-refractivity contribution in [3.05, 3.63) is 33.6 Å². The molecule has 114 valence electrons. The second-order valence-electron chi connectivity index (χ2n) is 5.43. The molecule has 1 amide bonds. The number of carbonyl (C=O) groups is 1. The van der Waals surface area contributed by atoms with E-state index >= 15 is 0 Å². The summed E-state index contributed by atoms with van der Waals surface area (Å²) in [6.45, 7) is 8.48. The summed E-state index contributed by atoms with van der Waals surface area (Å²) in [5.41, 5.74) is 2.56. The van der Waals surface area contributed by atoms with Crippen molar-refractivity contribution in [3.63, 3.8) is 0 Å². The van der Waals surface area contributed by atoms with E-state index in [-0.39, 0.29) is 11.9 Å². The first-order chi connectivity index (χ1) is 9.90. The Hall–Kier alpha value is -1.89. The summed E-state index contributed by atoms with van der Waals surface area (Å²) in [5.74, 6) is 0.764. The second kappa shape index (κ2) is 6.26. The predicted octanol–water partition coefficient (Wildman–Crippen LogP) is 2.44. The smallest absolute Gasteiger partial charge is 0.267 e. The number of carbonyl (C=O) groups excluding carboxylic acids is 1. The number of hydrogen-bond acceptors (Lipinski definition) is 3. The zero-order chi connectivity index (χ0) is 15.6. The van der Waals surface area contributed by atoms with Gasteiger partial charge in [0.1, 0.15) is 11.5 Å². The number of H-pyrrole nitrogens is 2. The van der Waals surface area contributed by atoms with Crippen LogP contribution in [0, 0.1) is 18.6 Å². The number of hydrogen-bond donors (Lipinski definition) is 3. The normalized spacial score (nSPS) is 11.1. The third-order valence-corrected chi connectivity index (χ3v) is 3.59. The van der Waals surface area contributed by atoms with Gasteiger partial charge in [0.05, 0.1) is 0 Å². The Kier molecular flexibility index (Phi) is 4.62. The number of rotatable bonds is 5. The highest BCUT2D eigenvalue weighted by Crippen LogP contribution is 2.10. The van der Waals surface area contributed by atoms with Gasteiger partial charge in [0.25, 0.3) is 5.91 Å². The van der Waals surface area contributed by atoms with Crippen LogP contribution in [0.1, 0.15) is 47.5 Å². The Morgan fingerprint density at radius 1 is 1.48 bits per heavy atom. The minimum absolute atomic E-state index is 0.0918. The minimum atomic E-state index is -0.0918. The summed E-state index contributed by atoms with van der Waals surface area (Å²) in [4.78, 5) is 15.2. The number of aromatic amines is 2. The lowest BCUT2D eigenvalue weighted by Crippen LogP contribution is -2.27. The molecule has 0 radical (unpaired) electrons. The van der Waals surface area contributed by atoms with Gasteiger partial charge in [-0.3, -0.25) is 9.89 Å². The monoisotopic (exact) mass is 307 g/mol. The maximum atomic E-state index is 12.1. The van der Waals surface area contributed by atoms with E-state index in [1.165, 1.54) is 0 Å². The van der Waals surface area contributed by atoms with E-state index in [2.05, 4.69) is 34.3 Å². The number of aryl methyl sites for hydroxylation is 2. The molecule has 0 atom stereocenters. The molecular formula is C14H21N5OS. The van der Waals surface area contributed by atoms with E-state index < -0.39 is 0 Å². The van der Waals surface area contributed by atoms with Crippen LogP contribution in [0.3, 0.4) is 0 Å². The molecule has 0 aliphatic carbocycles. The molecule has 2 rings (SSSR count). The second-order valence-corrected chi connectivity index (χ2v) is 5.81. The summed E-state index contributed by atoms with van der Waals surface area (Å²) >= 11 is 5.20. The zero-order valence-corrected chi connectivity index (χ0v) is 13.6. The fraction of sp³-hybridized carbons (Fsp3) is 0.500. The van der Waals surface area contributed by atoms with Gasteiger partial charge in [-0.25, -0.2) is 0 Å². The summed E-state index contributed by atoms with van der Waals surface area (Å²) in [5, 5.41) is 9.92. The molecule has 0 fully saturated rings. The summed E-state index contributed by atoms with van der Waals surface area (Å²) in [6.07, 6.45) is 0.635. The third kappa shape index (κ3) is 3.41. The minimum Gasteiger partial charge on any atom is -0.354 e. The summed E-state index contributed by atoms with van der Waals surface area (Å²) < 4.78 is 2.58. The quantitative estimate of drug-likeness (QED) is 0.742. The van der Waals surface area contributed by atoms with Gasteiger partial charge in [-0.1, -0.05) is 0 Å². The van der Waals surface area contributed by atoms with Gasteiger partial charge in [-0.2, -0.15) is 5.10 Å². The summed E-state index contributed by atoms with van der Waals surface area (Å²) in [7, 11) is 0. The van der Waals surface area contributed by atoms with E-state index in [0.29, 0.717) is 23.4 Å². The molecular weight excluding hydrogens is 286 g/mol. The molecule has 6 nitrogen and oxygen atoms in total. The van der Waals surface area contributed by atoms with E-state index in [4.69, 9.17) is 12.2 Å². The van der Waals surface area contributed by atoms with Gasteiger partial charge in [-0.05, 0) is 51.5 Å². The average molecular weight is 307 g/mol. The predicted molar refractivity (Wildman–Crippen MR) is 84.1 cm³/mol. The van der Waals surface area contributed by atoms with Crippen molar-refractivity contribution in [1.82, 2.24) is 25.1 Å². The third-order valence-electron chi connectivity index (χ3n) is 3.30. The molecule has 0 saturated carbocycles. The van der Waals surface area contributed by atoms with E-state index in [9.17, 15) is 4.79 Å². The van der Waals surface area contributed by atoms with Crippen LogP contribution in [0.2, 0.25) is 0 Å². The van der Waals surface area contributed by atoms with Crippen molar-refractivity contribution in [2.75, 3.05) is 6.54 Å². The molecule has 0 saturated heterocycles. The highest BCUT2D eigenvalue weighted by Gasteiger charge is 2.13. The highest BCUT2D eigenvalue weighted by molar-refractivity contribution is 7.71. The van der Waals surface area contributed by atoms with Crippen LogP contribution in [-0.4, -0.2) is 32.2 Å². The van der Waals surface area contributed by atoms with Crippen LogP contribution in [0.5, 0.6) is 0 Å². The molecule has 0 aromatic carbocycles. The lowest BCUT2D eigenvalue weighted by Gasteiger charge is -2.10. The number of aromatic nitrogens is 4. The van der Waals surface area contributed by atoms with E-state index in [1.807, 2.05) is 24.5 Å². The molecule has 2 aromatic heterocycles. The summed E-state index contributed by atoms with van der Waals surface area (Å²) in [6, 6.07) is 2.20. The molecule has 0 bridgehead atoms. The first-order valence-electron chi connectivity index (χ1n) is 7.00. The molecule has 0 unspecified atom stereocenters. The van der Waals surface area contributed by atoms with Crippen molar-refractivity contribution in [3.8, 4) is 0 Å². The van der Waals surface area contributed by atoms with Gasteiger partial charge in [-0.15, -0.1) is 0 Å². The lowest BCUT2D eigenvalue weighted by atomic mass is 10.2. The van der Waals surface area contributed by atoms with Crippen molar-refractivity contribution in [1.29, 1.82) is 0 Å². The van der Waals surface area contributed by atoms with Crippen LogP contribution in [-0.2, 0) is 6.42 Å². The van der Waals surface area contributed by atoms with Crippen molar-refractivity contribution >= 4 is 18.1 Å². The van der Waals surface area contributed by atoms with Crippen molar-refractivity contribution < 1.29 is 4.79 Å². The zero-order valence-electron chi connectivity index (χ0n) is 12.8. The van der Waals surface area contributed by atoms with Crippen LogP contribution in [0.4, 0.5) is 0 Å². The Morgan fingerprint density at radius 2 is 2.19 bits per heavy atom. The molecule has 2 aromatic rings. The number of nitrogens with zero attached hydrogens (tertiary/aromatic N) is 2. The van der Waals surface area contributed by atoms with Gasteiger partial charge < -0.3 is 14.9 Å². The standard InChI is InChI=1S/C14H21N5OS/c1-8(2)19-11(17-18-14(19)21)5-6-15-13(20)12-9(3)7-10(4)16-12/h7-8,16H,5-6H2,1-4H3,(H,15,20)(H,18,21). The Morgan fingerprint density at radius 3 is 2.76 bits per heavy atom. The van der Waals surface area contributed by atoms with E-state index in [1.54, 1.807) is 0 Å².